The number of aliphatic hydroxyl groups is 1. The van der Waals surface area contributed by atoms with Crippen LogP contribution in [0.15, 0.2) is 36.4 Å². The van der Waals surface area contributed by atoms with Crippen LogP contribution in [0.4, 0.5) is 5.69 Å². The number of amides is 1. The molecular formula is C19H22ClN3O2. The Kier molecular flexibility index (Phi) is 4.97. The van der Waals surface area contributed by atoms with Gasteiger partial charge >= 0.3 is 0 Å². The molecule has 1 aliphatic heterocycles. The highest BCUT2D eigenvalue weighted by Gasteiger charge is 2.37. The van der Waals surface area contributed by atoms with Crippen molar-refractivity contribution in [3.05, 3.63) is 58.4 Å². The number of carbonyl (C=O) groups is 1. The number of hydrogen-bond donors (Lipinski definition) is 2. The van der Waals surface area contributed by atoms with Gasteiger partial charge in [-0.25, -0.2) is 4.98 Å². The molecule has 0 spiro atoms. The molecule has 2 aromatic rings. The van der Waals surface area contributed by atoms with Crippen LogP contribution < -0.4 is 5.32 Å². The first-order chi connectivity index (χ1) is 11.9. The number of carbonyl (C=O) groups excluding carboxylic acids is 1. The third kappa shape index (κ3) is 3.48. The summed E-state index contributed by atoms with van der Waals surface area (Å²) in [6, 6.07) is 10.9. The van der Waals surface area contributed by atoms with E-state index in [1.807, 2.05) is 38.2 Å². The lowest BCUT2D eigenvalue weighted by atomic mass is 9.84. The monoisotopic (exact) mass is 359 g/mol. The summed E-state index contributed by atoms with van der Waals surface area (Å²) in [6.07, 6.45) is 0.909. The summed E-state index contributed by atoms with van der Waals surface area (Å²) in [4.78, 5) is 18.8. The van der Waals surface area contributed by atoms with Crippen molar-refractivity contribution in [1.82, 2.24) is 9.88 Å². The number of aryl methyl sites for hydroxylation is 1. The van der Waals surface area contributed by atoms with Crippen molar-refractivity contribution in [3.63, 3.8) is 0 Å². The summed E-state index contributed by atoms with van der Waals surface area (Å²) in [5.74, 6) is -0.105. The number of halogens is 1. The number of hydrogen-bond acceptors (Lipinski definition) is 4. The first-order valence-corrected chi connectivity index (χ1v) is 8.74. The van der Waals surface area contributed by atoms with Crippen LogP contribution in [0.3, 0.4) is 0 Å². The van der Waals surface area contributed by atoms with Gasteiger partial charge in [-0.05, 0) is 38.0 Å². The lowest BCUT2D eigenvalue weighted by Crippen LogP contribution is -2.45. The molecule has 6 heteroatoms. The fourth-order valence-electron chi connectivity index (χ4n) is 3.29. The molecule has 0 aliphatic carbocycles. The van der Waals surface area contributed by atoms with E-state index in [4.69, 9.17) is 11.6 Å². The molecule has 132 valence electrons. The smallest absolute Gasteiger partial charge is 0.272 e. The fourth-order valence-corrected chi connectivity index (χ4v) is 3.61. The first-order valence-electron chi connectivity index (χ1n) is 8.37. The number of benzene rings is 1. The van der Waals surface area contributed by atoms with E-state index in [1.165, 1.54) is 0 Å². The van der Waals surface area contributed by atoms with Gasteiger partial charge in [-0.1, -0.05) is 29.8 Å². The number of anilines is 1. The Morgan fingerprint density at radius 1 is 1.24 bits per heavy atom. The van der Waals surface area contributed by atoms with E-state index >= 15 is 0 Å². The summed E-state index contributed by atoms with van der Waals surface area (Å²) < 4.78 is 0. The molecule has 1 amide bonds. The molecule has 1 aromatic heterocycles. The fraction of sp³-hybridized carbons (Fsp3) is 0.368. The molecule has 2 heterocycles. The molecule has 1 aromatic carbocycles. The predicted octanol–water partition coefficient (Wildman–Crippen LogP) is 3.21. The van der Waals surface area contributed by atoms with E-state index in [-0.39, 0.29) is 5.91 Å². The van der Waals surface area contributed by atoms with Crippen LogP contribution in [0.5, 0.6) is 0 Å². The van der Waals surface area contributed by atoms with Gasteiger partial charge in [0.2, 0.25) is 0 Å². The maximum atomic E-state index is 12.7. The number of aromatic nitrogens is 1. The molecule has 1 fully saturated rings. The number of piperidine rings is 1. The van der Waals surface area contributed by atoms with Crippen molar-refractivity contribution in [2.75, 3.05) is 25.5 Å². The number of rotatable bonds is 3. The summed E-state index contributed by atoms with van der Waals surface area (Å²) in [5.41, 5.74) is 1.87. The summed E-state index contributed by atoms with van der Waals surface area (Å²) >= 11 is 6.23. The molecule has 0 atom stereocenters. The third-order valence-electron chi connectivity index (χ3n) is 4.83. The minimum absolute atomic E-state index is 0.105. The highest BCUT2D eigenvalue weighted by molar-refractivity contribution is 6.31. The van der Waals surface area contributed by atoms with Crippen molar-refractivity contribution in [3.8, 4) is 0 Å². The topological polar surface area (TPSA) is 65.5 Å². The van der Waals surface area contributed by atoms with Gasteiger partial charge in [0, 0.05) is 30.7 Å². The lowest BCUT2D eigenvalue weighted by Gasteiger charge is -2.38. The van der Waals surface area contributed by atoms with Gasteiger partial charge in [0.05, 0.1) is 17.0 Å². The largest absolute Gasteiger partial charge is 0.387 e. The Labute approximate surface area is 152 Å². The number of likely N-dealkylation sites (tertiary alicyclic amines) is 1. The third-order valence-corrected chi connectivity index (χ3v) is 5.16. The van der Waals surface area contributed by atoms with E-state index in [0.29, 0.717) is 36.6 Å². The maximum absolute atomic E-state index is 12.7. The molecule has 2 N–H and O–H groups in total. The highest BCUT2D eigenvalue weighted by Crippen LogP contribution is 2.36. The molecule has 1 saturated heterocycles. The summed E-state index contributed by atoms with van der Waals surface area (Å²) in [7, 11) is 1.83. The zero-order valence-corrected chi connectivity index (χ0v) is 15.2. The Balaban J connectivity index is 1.73. The first kappa shape index (κ1) is 17.7. The minimum atomic E-state index is -0.992. The van der Waals surface area contributed by atoms with Crippen molar-refractivity contribution in [1.29, 1.82) is 0 Å². The van der Waals surface area contributed by atoms with Crippen molar-refractivity contribution >= 4 is 23.2 Å². The van der Waals surface area contributed by atoms with Crippen molar-refractivity contribution in [2.24, 2.45) is 0 Å². The van der Waals surface area contributed by atoms with Gasteiger partial charge in [0.1, 0.15) is 5.69 Å². The molecular weight excluding hydrogens is 338 g/mol. The van der Waals surface area contributed by atoms with Gasteiger partial charge in [-0.3, -0.25) is 4.79 Å². The van der Waals surface area contributed by atoms with Crippen LogP contribution in [0.2, 0.25) is 5.02 Å². The zero-order chi connectivity index (χ0) is 18.0. The molecule has 0 unspecified atom stereocenters. The average molecular weight is 360 g/mol. The standard InChI is InChI=1S/C19H22ClN3O2/c1-13-16(21-2)7-8-17(22-13)18(24)23-11-9-19(25,10-12-23)14-5-3-4-6-15(14)20/h3-8,21,25H,9-12H2,1-2H3. The predicted molar refractivity (Wildman–Crippen MR) is 99.0 cm³/mol. The Morgan fingerprint density at radius 2 is 1.92 bits per heavy atom. The van der Waals surface area contributed by atoms with E-state index in [9.17, 15) is 9.90 Å². The zero-order valence-electron chi connectivity index (χ0n) is 14.4. The van der Waals surface area contributed by atoms with Crippen LogP contribution in [0.25, 0.3) is 0 Å². The minimum Gasteiger partial charge on any atom is -0.387 e. The van der Waals surface area contributed by atoms with Gasteiger partial charge in [0.15, 0.2) is 0 Å². The van der Waals surface area contributed by atoms with Gasteiger partial charge < -0.3 is 15.3 Å². The molecule has 1 aliphatic rings. The molecule has 0 bridgehead atoms. The Hall–Kier alpha value is -2.11. The number of nitrogens with one attached hydrogen (secondary N) is 1. The van der Waals surface area contributed by atoms with Crippen molar-refractivity contribution in [2.45, 2.75) is 25.4 Å². The second-order valence-electron chi connectivity index (χ2n) is 6.38. The normalized spacial score (nSPS) is 16.6. The maximum Gasteiger partial charge on any atom is 0.272 e. The highest BCUT2D eigenvalue weighted by atomic mass is 35.5. The lowest BCUT2D eigenvalue weighted by molar-refractivity contribution is -0.0211. The van der Waals surface area contributed by atoms with Crippen molar-refractivity contribution < 1.29 is 9.90 Å². The number of nitrogens with zero attached hydrogens (tertiary/aromatic N) is 2. The van der Waals surface area contributed by atoms with E-state index < -0.39 is 5.60 Å². The second kappa shape index (κ2) is 7.02. The SMILES string of the molecule is CNc1ccc(C(=O)N2CCC(O)(c3ccccc3Cl)CC2)nc1C. The van der Waals surface area contributed by atoms with Crippen LogP contribution >= 0.6 is 11.6 Å². The van der Waals surface area contributed by atoms with Gasteiger partial charge in [-0.2, -0.15) is 0 Å². The quantitative estimate of drug-likeness (QED) is 0.883. The van der Waals surface area contributed by atoms with Crippen LogP contribution in [-0.4, -0.2) is 41.0 Å². The molecule has 25 heavy (non-hydrogen) atoms. The second-order valence-corrected chi connectivity index (χ2v) is 6.79. The van der Waals surface area contributed by atoms with E-state index in [0.717, 1.165) is 16.9 Å². The number of pyridine rings is 1. The van der Waals surface area contributed by atoms with E-state index in [2.05, 4.69) is 10.3 Å². The van der Waals surface area contributed by atoms with Crippen LogP contribution in [0.1, 0.15) is 34.6 Å². The molecule has 5 nitrogen and oxygen atoms in total. The van der Waals surface area contributed by atoms with Crippen LogP contribution in [-0.2, 0) is 5.60 Å². The van der Waals surface area contributed by atoms with Crippen LogP contribution in [0, 0.1) is 6.92 Å². The van der Waals surface area contributed by atoms with Gasteiger partial charge in [-0.15, -0.1) is 0 Å². The molecule has 3 rings (SSSR count). The van der Waals surface area contributed by atoms with E-state index in [1.54, 1.807) is 17.0 Å². The molecule has 0 saturated carbocycles. The Bertz CT molecular complexity index is 786. The Morgan fingerprint density at radius 3 is 2.52 bits per heavy atom. The molecule has 0 radical (unpaired) electrons. The average Bonchev–Trinajstić information content (AvgIpc) is 2.62. The summed E-state index contributed by atoms with van der Waals surface area (Å²) in [5, 5.41) is 14.6. The van der Waals surface area contributed by atoms with Gasteiger partial charge in [0.25, 0.3) is 5.91 Å². The summed E-state index contributed by atoms with van der Waals surface area (Å²) in [6.45, 7) is 2.80.